The number of carbonyl (C=O) groups is 1. The van der Waals surface area contributed by atoms with Crippen LogP contribution in [0, 0.1) is 6.92 Å². The molecule has 0 atom stereocenters. The summed E-state index contributed by atoms with van der Waals surface area (Å²) < 4.78 is 0. The SMILES string of the molecule is Cc1ccccc1CNC(=O)NC(C)(C)CO. The van der Waals surface area contributed by atoms with Crippen LogP contribution in [0.25, 0.3) is 0 Å². The minimum Gasteiger partial charge on any atom is -0.394 e. The molecule has 0 aromatic heterocycles. The average molecular weight is 236 g/mol. The first-order valence-electron chi connectivity index (χ1n) is 5.66. The van der Waals surface area contributed by atoms with Gasteiger partial charge in [-0.05, 0) is 31.9 Å². The highest BCUT2D eigenvalue weighted by atomic mass is 16.3. The Morgan fingerprint density at radius 3 is 2.59 bits per heavy atom. The van der Waals surface area contributed by atoms with Gasteiger partial charge in [-0.3, -0.25) is 0 Å². The van der Waals surface area contributed by atoms with E-state index in [1.807, 2.05) is 31.2 Å². The molecule has 1 rings (SSSR count). The second kappa shape index (κ2) is 5.68. The van der Waals surface area contributed by atoms with Gasteiger partial charge in [-0.25, -0.2) is 4.79 Å². The van der Waals surface area contributed by atoms with Crippen LogP contribution in [0.5, 0.6) is 0 Å². The molecule has 4 nitrogen and oxygen atoms in total. The Balaban J connectivity index is 2.47. The van der Waals surface area contributed by atoms with Crippen molar-refractivity contribution in [2.24, 2.45) is 0 Å². The molecule has 17 heavy (non-hydrogen) atoms. The van der Waals surface area contributed by atoms with Crippen molar-refractivity contribution in [2.75, 3.05) is 6.61 Å². The maximum absolute atomic E-state index is 11.6. The van der Waals surface area contributed by atoms with Gasteiger partial charge in [0.2, 0.25) is 0 Å². The Bertz CT molecular complexity index is 389. The van der Waals surface area contributed by atoms with Gasteiger partial charge in [0.15, 0.2) is 0 Å². The van der Waals surface area contributed by atoms with E-state index in [1.54, 1.807) is 13.8 Å². The molecule has 94 valence electrons. The molecule has 4 heteroatoms. The number of hydrogen-bond donors (Lipinski definition) is 3. The molecule has 0 aliphatic heterocycles. The zero-order valence-electron chi connectivity index (χ0n) is 10.6. The molecule has 0 aliphatic rings. The Hall–Kier alpha value is -1.55. The molecule has 0 fully saturated rings. The Morgan fingerprint density at radius 1 is 1.35 bits per heavy atom. The molecule has 0 unspecified atom stereocenters. The fraction of sp³-hybridized carbons (Fsp3) is 0.462. The van der Waals surface area contributed by atoms with E-state index in [1.165, 1.54) is 0 Å². The number of aliphatic hydroxyl groups excluding tert-OH is 1. The second-order valence-electron chi connectivity index (χ2n) is 4.78. The number of aryl methyl sites for hydroxylation is 1. The zero-order valence-corrected chi connectivity index (χ0v) is 10.6. The van der Waals surface area contributed by atoms with Crippen molar-refractivity contribution in [3.8, 4) is 0 Å². The van der Waals surface area contributed by atoms with E-state index >= 15 is 0 Å². The summed E-state index contributed by atoms with van der Waals surface area (Å²) in [5, 5.41) is 14.5. The molecule has 0 saturated heterocycles. The third kappa shape index (κ3) is 4.44. The van der Waals surface area contributed by atoms with Crippen LogP contribution in [0.4, 0.5) is 4.79 Å². The number of rotatable bonds is 4. The van der Waals surface area contributed by atoms with E-state index in [2.05, 4.69) is 10.6 Å². The third-order valence-corrected chi connectivity index (χ3v) is 2.55. The van der Waals surface area contributed by atoms with E-state index < -0.39 is 5.54 Å². The van der Waals surface area contributed by atoms with Gasteiger partial charge in [-0.2, -0.15) is 0 Å². The summed E-state index contributed by atoms with van der Waals surface area (Å²) in [4.78, 5) is 11.6. The first-order chi connectivity index (χ1) is 7.94. The van der Waals surface area contributed by atoms with Crippen LogP contribution in [-0.4, -0.2) is 23.3 Å². The Kier molecular flexibility index (Phi) is 4.52. The van der Waals surface area contributed by atoms with E-state index in [0.29, 0.717) is 6.54 Å². The molecule has 0 radical (unpaired) electrons. The molecule has 1 aromatic carbocycles. The molecule has 0 aliphatic carbocycles. The van der Waals surface area contributed by atoms with Crippen LogP contribution in [0.1, 0.15) is 25.0 Å². The monoisotopic (exact) mass is 236 g/mol. The van der Waals surface area contributed by atoms with Crippen molar-refractivity contribution >= 4 is 6.03 Å². The molecule has 0 spiro atoms. The number of carbonyl (C=O) groups excluding carboxylic acids is 1. The van der Waals surface area contributed by atoms with Gasteiger partial charge < -0.3 is 15.7 Å². The van der Waals surface area contributed by atoms with Crippen LogP contribution in [0.15, 0.2) is 24.3 Å². The quantitative estimate of drug-likeness (QED) is 0.743. The fourth-order valence-corrected chi connectivity index (χ4v) is 1.37. The number of amides is 2. The van der Waals surface area contributed by atoms with Gasteiger partial charge in [0.25, 0.3) is 0 Å². The van der Waals surface area contributed by atoms with Crippen molar-refractivity contribution in [1.82, 2.24) is 10.6 Å². The normalized spacial score (nSPS) is 11.1. The van der Waals surface area contributed by atoms with E-state index in [-0.39, 0.29) is 12.6 Å². The third-order valence-electron chi connectivity index (χ3n) is 2.55. The molecule has 1 aromatic rings. The van der Waals surface area contributed by atoms with E-state index in [9.17, 15) is 4.79 Å². The minimum absolute atomic E-state index is 0.0925. The maximum atomic E-state index is 11.6. The van der Waals surface area contributed by atoms with Gasteiger partial charge in [0.05, 0.1) is 12.1 Å². The molecular weight excluding hydrogens is 216 g/mol. The fourth-order valence-electron chi connectivity index (χ4n) is 1.37. The van der Waals surface area contributed by atoms with Crippen LogP contribution in [-0.2, 0) is 6.54 Å². The highest BCUT2D eigenvalue weighted by molar-refractivity contribution is 5.74. The summed E-state index contributed by atoms with van der Waals surface area (Å²) in [6.07, 6.45) is 0. The standard InChI is InChI=1S/C13H20N2O2/c1-10-6-4-5-7-11(10)8-14-12(17)15-13(2,3)9-16/h4-7,16H,8-9H2,1-3H3,(H2,14,15,17). The number of nitrogens with one attached hydrogen (secondary N) is 2. The number of urea groups is 1. The second-order valence-corrected chi connectivity index (χ2v) is 4.78. The lowest BCUT2D eigenvalue weighted by atomic mass is 10.1. The molecule has 0 bridgehead atoms. The van der Waals surface area contributed by atoms with Gasteiger partial charge in [-0.1, -0.05) is 24.3 Å². The van der Waals surface area contributed by atoms with Crippen molar-refractivity contribution < 1.29 is 9.90 Å². The first kappa shape index (κ1) is 13.5. The molecule has 0 heterocycles. The zero-order chi connectivity index (χ0) is 12.9. The lowest BCUT2D eigenvalue weighted by molar-refractivity contribution is 0.182. The van der Waals surface area contributed by atoms with Gasteiger partial charge in [0, 0.05) is 6.54 Å². The average Bonchev–Trinajstić information content (AvgIpc) is 2.27. The first-order valence-corrected chi connectivity index (χ1v) is 5.66. The lowest BCUT2D eigenvalue weighted by Crippen LogP contribution is -2.50. The van der Waals surface area contributed by atoms with Crippen LogP contribution < -0.4 is 10.6 Å². The van der Waals surface area contributed by atoms with Crippen molar-refractivity contribution in [1.29, 1.82) is 0 Å². The minimum atomic E-state index is -0.601. The highest BCUT2D eigenvalue weighted by Crippen LogP contribution is 2.06. The van der Waals surface area contributed by atoms with Crippen molar-refractivity contribution in [3.05, 3.63) is 35.4 Å². The van der Waals surface area contributed by atoms with Crippen LogP contribution in [0.2, 0.25) is 0 Å². The van der Waals surface area contributed by atoms with Gasteiger partial charge in [0.1, 0.15) is 0 Å². The predicted octanol–water partition coefficient (Wildman–Crippen LogP) is 1.57. The van der Waals surface area contributed by atoms with Crippen molar-refractivity contribution in [3.63, 3.8) is 0 Å². The summed E-state index contributed by atoms with van der Waals surface area (Å²) in [7, 11) is 0. The van der Waals surface area contributed by atoms with Crippen LogP contribution in [0.3, 0.4) is 0 Å². The number of hydrogen-bond acceptors (Lipinski definition) is 2. The van der Waals surface area contributed by atoms with Gasteiger partial charge in [-0.15, -0.1) is 0 Å². The highest BCUT2D eigenvalue weighted by Gasteiger charge is 2.18. The molecule has 3 N–H and O–H groups in total. The van der Waals surface area contributed by atoms with Crippen LogP contribution >= 0.6 is 0 Å². The molecular formula is C13H20N2O2. The number of aliphatic hydroxyl groups is 1. The summed E-state index contributed by atoms with van der Waals surface area (Å²) in [5.74, 6) is 0. The summed E-state index contributed by atoms with van der Waals surface area (Å²) in [6, 6.07) is 7.62. The summed E-state index contributed by atoms with van der Waals surface area (Å²) in [6.45, 7) is 5.93. The maximum Gasteiger partial charge on any atom is 0.315 e. The Labute approximate surface area is 102 Å². The predicted molar refractivity (Wildman–Crippen MR) is 67.7 cm³/mol. The largest absolute Gasteiger partial charge is 0.394 e. The van der Waals surface area contributed by atoms with Crippen molar-refractivity contribution in [2.45, 2.75) is 32.9 Å². The van der Waals surface area contributed by atoms with Gasteiger partial charge >= 0.3 is 6.03 Å². The summed E-state index contributed by atoms with van der Waals surface area (Å²) >= 11 is 0. The number of benzene rings is 1. The Morgan fingerprint density at radius 2 is 2.00 bits per heavy atom. The smallest absolute Gasteiger partial charge is 0.315 e. The summed E-state index contributed by atoms with van der Waals surface area (Å²) in [5.41, 5.74) is 1.63. The topological polar surface area (TPSA) is 61.4 Å². The molecule has 0 saturated carbocycles. The van der Waals surface area contributed by atoms with E-state index in [4.69, 9.17) is 5.11 Å². The molecule has 2 amide bonds. The van der Waals surface area contributed by atoms with E-state index in [0.717, 1.165) is 11.1 Å². The lowest BCUT2D eigenvalue weighted by Gasteiger charge is -2.23.